The van der Waals surface area contributed by atoms with Gasteiger partial charge >= 0.3 is 0 Å². The van der Waals surface area contributed by atoms with Crippen LogP contribution in [0.3, 0.4) is 0 Å². The van der Waals surface area contributed by atoms with Crippen molar-refractivity contribution in [2.45, 2.75) is 13.5 Å². The zero-order chi connectivity index (χ0) is 19.2. The van der Waals surface area contributed by atoms with Gasteiger partial charge in [0.15, 0.2) is 0 Å². The number of benzene rings is 2. The Morgan fingerprint density at radius 2 is 1.81 bits per heavy atom. The van der Waals surface area contributed by atoms with Crippen molar-refractivity contribution in [3.05, 3.63) is 95.1 Å². The van der Waals surface area contributed by atoms with Crippen LogP contribution in [0.5, 0.6) is 0 Å². The summed E-state index contributed by atoms with van der Waals surface area (Å²) in [5.41, 5.74) is 2.46. The number of hydrogen-bond donors (Lipinski definition) is 2. The van der Waals surface area contributed by atoms with E-state index in [4.69, 9.17) is 0 Å². The van der Waals surface area contributed by atoms with E-state index in [2.05, 4.69) is 15.6 Å². The Morgan fingerprint density at radius 3 is 2.59 bits per heavy atom. The first-order chi connectivity index (χ1) is 13.0. The number of carbonyl (C=O) groups excluding carboxylic acids is 2. The van der Waals surface area contributed by atoms with Gasteiger partial charge in [-0.3, -0.25) is 14.6 Å². The van der Waals surface area contributed by atoms with Gasteiger partial charge in [-0.25, -0.2) is 4.39 Å². The first-order valence-electron chi connectivity index (χ1n) is 8.38. The standard InChI is InChI=1S/C21H18FN3O2/c1-14-5-4-7-17(11-14)25-20(26)15-9-10-23-19(12-15)21(27)24-13-16-6-2-3-8-18(16)22/h2-12H,13H2,1H3,(H,24,27)(H,25,26). The number of nitrogens with zero attached hydrogens (tertiary/aromatic N) is 1. The van der Waals surface area contributed by atoms with Gasteiger partial charge in [-0.2, -0.15) is 0 Å². The summed E-state index contributed by atoms with van der Waals surface area (Å²) in [6.07, 6.45) is 1.39. The SMILES string of the molecule is Cc1cccc(NC(=O)c2ccnc(C(=O)NCc3ccccc3F)c2)c1. The van der Waals surface area contributed by atoms with Crippen LogP contribution >= 0.6 is 0 Å². The number of nitrogens with one attached hydrogen (secondary N) is 2. The summed E-state index contributed by atoms with van der Waals surface area (Å²) in [4.78, 5) is 28.7. The van der Waals surface area contributed by atoms with Crippen LogP contribution in [0.4, 0.5) is 10.1 Å². The van der Waals surface area contributed by atoms with Crippen LogP contribution in [0.1, 0.15) is 32.0 Å². The molecule has 3 aromatic rings. The second-order valence-electron chi connectivity index (χ2n) is 6.03. The molecule has 5 nitrogen and oxygen atoms in total. The summed E-state index contributed by atoms with van der Waals surface area (Å²) in [6.45, 7) is 1.97. The molecule has 0 saturated carbocycles. The van der Waals surface area contributed by atoms with Crippen molar-refractivity contribution >= 4 is 17.5 Å². The maximum absolute atomic E-state index is 13.6. The molecular formula is C21H18FN3O2. The second kappa shape index (κ2) is 8.23. The molecule has 0 aliphatic rings. The number of halogens is 1. The summed E-state index contributed by atoms with van der Waals surface area (Å²) in [5, 5.41) is 5.39. The lowest BCUT2D eigenvalue weighted by atomic mass is 10.1. The van der Waals surface area contributed by atoms with Gasteiger partial charge in [-0.05, 0) is 42.8 Å². The van der Waals surface area contributed by atoms with Crippen molar-refractivity contribution in [3.63, 3.8) is 0 Å². The number of pyridine rings is 1. The Bertz CT molecular complexity index is 988. The van der Waals surface area contributed by atoms with E-state index in [-0.39, 0.29) is 18.1 Å². The van der Waals surface area contributed by atoms with E-state index >= 15 is 0 Å². The Morgan fingerprint density at radius 1 is 1.00 bits per heavy atom. The Kier molecular flexibility index (Phi) is 5.56. The van der Waals surface area contributed by atoms with Crippen LogP contribution in [-0.4, -0.2) is 16.8 Å². The molecule has 0 spiro atoms. The molecule has 0 radical (unpaired) electrons. The van der Waals surface area contributed by atoms with Gasteiger partial charge in [-0.1, -0.05) is 30.3 Å². The van der Waals surface area contributed by atoms with Gasteiger partial charge in [0, 0.05) is 29.6 Å². The number of carbonyl (C=O) groups is 2. The molecule has 0 aliphatic carbocycles. The number of hydrogen-bond acceptors (Lipinski definition) is 3. The molecule has 27 heavy (non-hydrogen) atoms. The highest BCUT2D eigenvalue weighted by atomic mass is 19.1. The van der Waals surface area contributed by atoms with Gasteiger partial charge in [-0.15, -0.1) is 0 Å². The van der Waals surface area contributed by atoms with Gasteiger partial charge in [0.05, 0.1) is 0 Å². The number of aryl methyl sites for hydroxylation is 1. The Hall–Kier alpha value is -3.54. The third-order valence-corrected chi connectivity index (χ3v) is 3.93. The summed E-state index contributed by atoms with van der Waals surface area (Å²) in [7, 11) is 0. The first-order valence-corrected chi connectivity index (χ1v) is 8.38. The van der Waals surface area contributed by atoms with Crippen molar-refractivity contribution in [3.8, 4) is 0 Å². The minimum Gasteiger partial charge on any atom is -0.347 e. The molecule has 2 N–H and O–H groups in total. The molecule has 0 aliphatic heterocycles. The smallest absolute Gasteiger partial charge is 0.270 e. The molecule has 1 aromatic heterocycles. The molecule has 2 aromatic carbocycles. The molecule has 1 heterocycles. The molecule has 0 atom stereocenters. The van der Waals surface area contributed by atoms with Crippen molar-refractivity contribution in [1.82, 2.24) is 10.3 Å². The molecular weight excluding hydrogens is 345 g/mol. The molecule has 136 valence electrons. The molecule has 0 saturated heterocycles. The van der Waals surface area contributed by atoms with Crippen molar-refractivity contribution < 1.29 is 14.0 Å². The van der Waals surface area contributed by atoms with E-state index < -0.39 is 11.7 Å². The van der Waals surface area contributed by atoms with E-state index in [1.807, 2.05) is 25.1 Å². The van der Waals surface area contributed by atoms with E-state index in [1.54, 1.807) is 24.3 Å². The van der Waals surface area contributed by atoms with Crippen LogP contribution in [0.15, 0.2) is 66.9 Å². The van der Waals surface area contributed by atoms with Crippen LogP contribution < -0.4 is 10.6 Å². The fourth-order valence-corrected chi connectivity index (χ4v) is 2.53. The van der Waals surface area contributed by atoms with Gasteiger partial charge in [0.2, 0.25) is 0 Å². The lowest BCUT2D eigenvalue weighted by molar-refractivity contribution is 0.0945. The van der Waals surface area contributed by atoms with Crippen molar-refractivity contribution in [2.24, 2.45) is 0 Å². The van der Waals surface area contributed by atoms with Gasteiger partial charge in [0.25, 0.3) is 11.8 Å². The average molecular weight is 363 g/mol. The third-order valence-electron chi connectivity index (χ3n) is 3.93. The molecule has 0 fully saturated rings. The van der Waals surface area contributed by atoms with E-state index in [9.17, 15) is 14.0 Å². The fraction of sp³-hybridized carbons (Fsp3) is 0.0952. The number of aromatic nitrogens is 1. The summed E-state index contributed by atoms with van der Waals surface area (Å²) in [6, 6.07) is 16.5. The topological polar surface area (TPSA) is 71.1 Å². The minimum atomic E-state index is -0.483. The maximum atomic E-state index is 13.6. The lowest BCUT2D eigenvalue weighted by Crippen LogP contribution is -2.25. The van der Waals surface area contributed by atoms with Crippen LogP contribution in [0.2, 0.25) is 0 Å². The monoisotopic (exact) mass is 363 g/mol. The largest absolute Gasteiger partial charge is 0.347 e. The minimum absolute atomic E-state index is 0.0346. The predicted molar refractivity (Wildman–Crippen MR) is 101 cm³/mol. The number of amides is 2. The average Bonchev–Trinajstić information content (AvgIpc) is 2.67. The van der Waals surface area contributed by atoms with Crippen LogP contribution in [0.25, 0.3) is 0 Å². The Balaban J connectivity index is 1.68. The zero-order valence-electron chi connectivity index (χ0n) is 14.7. The highest BCUT2D eigenvalue weighted by Crippen LogP contribution is 2.12. The van der Waals surface area contributed by atoms with Gasteiger partial charge < -0.3 is 10.6 Å². The van der Waals surface area contributed by atoms with E-state index in [0.29, 0.717) is 16.8 Å². The Labute approximate surface area is 156 Å². The summed E-state index contributed by atoms with van der Waals surface area (Å²) < 4.78 is 13.6. The predicted octanol–water partition coefficient (Wildman–Crippen LogP) is 3.71. The van der Waals surface area contributed by atoms with Crippen molar-refractivity contribution in [2.75, 3.05) is 5.32 Å². The van der Waals surface area contributed by atoms with Gasteiger partial charge in [0.1, 0.15) is 11.5 Å². The van der Waals surface area contributed by atoms with Crippen LogP contribution in [0, 0.1) is 12.7 Å². The maximum Gasteiger partial charge on any atom is 0.270 e. The molecule has 2 amide bonds. The van der Waals surface area contributed by atoms with Crippen LogP contribution in [-0.2, 0) is 6.54 Å². The summed E-state index contributed by atoms with van der Waals surface area (Å²) in [5.74, 6) is -1.22. The fourth-order valence-electron chi connectivity index (χ4n) is 2.53. The molecule has 6 heteroatoms. The normalized spacial score (nSPS) is 10.3. The van der Waals surface area contributed by atoms with E-state index in [1.165, 1.54) is 24.4 Å². The number of rotatable bonds is 5. The molecule has 3 rings (SSSR count). The lowest BCUT2D eigenvalue weighted by Gasteiger charge is -2.08. The highest BCUT2D eigenvalue weighted by molar-refractivity contribution is 6.05. The third kappa shape index (κ3) is 4.76. The second-order valence-corrected chi connectivity index (χ2v) is 6.03. The molecule has 0 unspecified atom stereocenters. The quantitative estimate of drug-likeness (QED) is 0.726. The van der Waals surface area contributed by atoms with E-state index in [0.717, 1.165) is 5.56 Å². The number of anilines is 1. The molecule has 0 bridgehead atoms. The van der Waals surface area contributed by atoms with Crippen molar-refractivity contribution in [1.29, 1.82) is 0 Å². The highest BCUT2D eigenvalue weighted by Gasteiger charge is 2.13. The first kappa shape index (κ1) is 18.3. The zero-order valence-corrected chi connectivity index (χ0v) is 14.7. The summed E-state index contributed by atoms with van der Waals surface area (Å²) >= 11 is 0.